The fourth-order valence-electron chi connectivity index (χ4n) is 3.08. The fraction of sp³-hybridized carbons (Fsp3) is 0.417. The summed E-state index contributed by atoms with van der Waals surface area (Å²) in [6.07, 6.45) is 1.92. The van der Waals surface area contributed by atoms with Gasteiger partial charge in [-0.1, -0.05) is 66.9 Å². The van der Waals surface area contributed by atoms with Gasteiger partial charge >= 0.3 is 0 Å². The Kier molecular flexibility index (Phi) is 10.7. The van der Waals surface area contributed by atoms with Gasteiger partial charge in [-0.25, -0.2) is 0 Å². The van der Waals surface area contributed by atoms with E-state index in [0.717, 1.165) is 29.5 Å². The van der Waals surface area contributed by atoms with Crippen LogP contribution in [0.15, 0.2) is 42.5 Å². The van der Waals surface area contributed by atoms with Crippen LogP contribution < -0.4 is 5.32 Å². The van der Waals surface area contributed by atoms with E-state index in [0.29, 0.717) is 28.9 Å². The molecule has 0 unspecified atom stereocenters. The van der Waals surface area contributed by atoms with E-state index >= 15 is 0 Å². The van der Waals surface area contributed by atoms with Gasteiger partial charge in [0.1, 0.15) is 6.04 Å². The van der Waals surface area contributed by atoms with Crippen molar-refractivity contribution in [3.05, 3.63) is 69.2 Å². The van der Waals surface area contributed by atoms with Crippen LogP contribution in [-0.4, -0.2) is 35.1 Å². The molecule has 0 saturated carbocycles. The van der Waals surface area contributed by atoms with Gasteiger partial charge in [0.2, 0.25) is 11.8 Å². The lowest BCUT2D eigenvalue weighted by Crippen LogP contribution is -2.48. The van der Waals surface area contributed by atoms with Crippen LogP contribution in [0.2, 0.25) is 10.0 Å². The van der Waals surface area contributed by atoms with Gasteiger partial charge in [-0.3, -0.25) is 9.59 Å². The normalized spacial score (nSPS) is 11.8. The predicted molar refractivity (Wildman–Crippen MR) is 132 cm³/mol. The van der Waals surface area contributed by atoms with E-state index < -0.39 is 6.04 Å². The van der Waals surface area contributed by atoms with Crippen molar-refractivity contribution < 1.29 is 9.59 Å². The second-order valence-corrected chi connectivity index (χ2v) is 9.26. The molecule has 0 bridgehead atoms. The standard InChI is InChI=1S/C24H30Cl2N2O2S/c1-4-5-13-27-24(30)18(3)28(14-19-10-7-6-9-17(19)2)23(29)16-31-15-20-21(25)11-8-12-22(20)26/h6-12,18H,4-5,13-16H2,1-3H3,(H,27,30)/t18-/m1/s1. The van der Waals surface area contributed by atoms with Crippen molar-refractivity contribution in [2.45, 2.75) is 52.0 Å². The second kappa shape index (κ2) is 13.0. The van der Waals surface area contributed by atoms with E-state index in [9.17, 15) is 9.59 Å². The summed E-state index contributed by atoms with van der Waals surface area (Å²) in [5.41, 5.74) is 2.94. The number of rotatable bonds is 11. The zero-order chi connectivity index (χ0) is 22.8. The van der Waals surface area contributed by atoms with Gasteiger partial charge in [-0.2, -0.15) is 0 Å². The Hall–Kier alpha value is -1.69. The molecule has 0 aliphatic heterocycles. The quantitative estimate of drug-likeness (QED) is 0.409. The van der Waals surface area contributed by atoms with Crippen molar-refractivity contribution in [2.75, 3.05) is 12.3 Å². The number of thioether (sulfide) groups is 1. The zero-order valence-corrected chi connectivity index (χ0v) is 20.6. The molecule has 0 saturated heterocycles. The average Bonchev–Trinajstić information content (AvgIpc) is 2.74. The smallest absolute Gasteiger partial charge is 0.242 e. The summed E-state index contributed by atoms with van der Waals surface area (Å²) >= 11 is 13.9. The summed E-state index contributed by atoms with van der Waals surface area (Å²) in [7, 11) is 0. The van der Waals surface area contributed by atoms with E-state index in [2.05, 4.69) is 12.2 Å². The van der Waals surface area contributed by atoms with Gasteiger partial charge in [0, 0.05) is 28.9 Å². The summed E-state index contributed by atoms with van der Waals surface area (Å²) in [5, 5.41) is 4.12. The van der Waals surface area contributed by atoms with Crippen LogP contribution in [0.25, 0.3) is 0 Å². The molecule has 0 aromatic heterocycles. The number of nitrogens with zero attached hydrogens (tertiary/aromatic N) is 1. The molecule has 2 amide bonds. The second-order valence-electron chi connectivity index (χ2n) is 7.46. The maximum Gasteiger partial charge on any atom is 0.242 e. The first-order valence-electron chi connectivity index (χ1n) is 10.5. The Morgan fingerprint density at radius 2 is 1.77 bits per heavy atom. The number of unbranched alkanes of at least 4 members (excludes halogenated alkanes) is 1. The third-order valence-corrected chi connectivity index (χ3v) is 6.78. The number of carbonyl (C=O) groups excluding carboxylic acids is 2. The lowest BCUT2D eigenvalue weighted by Gasteiger charge is -2.29. The number of carbonyl (C=O) groups is 2. The molecule has 0 aliphatic carbocycles. The van der Waals surface area contributed by atoms with E-state index in [1.807, 2.05) is 31.2 Å². The lowest BCUT2D eigenvalue weighted by atomic mass is 10.1. The Morgan fingerprint density at radius 3 is 2.42 bits per heavy atom. The van der Waals surface area contributed by atoms with E-state index in [4.69, 9.17) is 23.2 Å². The number of halogens is 2. The number of amides is 2. The summed E-state index contributed by atoms with van der Waals surface area (Å²) in [6.45, 7) is 6.88. The molecule has 0 heterocycles. The molecular formula is C24H30Cl2N2O2S. The van der Waals surface area contributed by atoms with Gasteiger partial charge in [0.15, 0.2) is 0 Å². The highest BCUT2D eigenvalue weighted by Crippen LogP contribution is 2.28. The van der Waals surface area contributed by atoms with Crippen LogP contribution >= 0.6 is 35.0 Å². The van der Waals surface area contributed by atoms with Crippen molar-refractivity contribution in [1.82, 2.24) is 10.2 Å². The summed E-state index contributed by atoms with van der Waals surface area (Å²) in [5.74, 6) is 0.545. The van der Waals surface area contributed by atoms with Gasteiger partial charge in [-0.05, 0) is 49.1 Å². The Balaban J connectivity index is 2.09. The number of hydrogen-bond acceptors (Lipinski definition) is 3. The molecule has 2 aromatic carbocycles. The molecule has 0 spiro atoms. The third kappa shape index (κ3) is 7.74. The summed E-state index contributed by atoms with van der Waals surface area (Å²) in [4.78, 5) is 27.5. The van der Waals surface area contributed by atoms with Crippen molar-refractivity contribution in [3.63, 3.8) is 0 Å². The van der Waals surface area contributed by atoms with Crippen LogP contribution in [0, 0.1) is 6.92 Å². The minimum Gasteiger partial charge on any atom is -0.354 e. The zero-order valence-electron chi connectivity index (χ0n) is 18.3. The van der Waals surface area contributed by atoms with Crippen LogP contribution in [0.4, 0.5) is 0 Å². The molecule has 0 fully saturated rings. The topological polar surface area (TPSA) is 49.4 Å². The predicted octanol–water partition coefficient (Wildman–Crippen LogP) is 5.87. The van der Waals surface area contributed by atoms with Gasteiger partial charge in [-0.15, -0.1) is 11.8 Å². The van der Waals surface area contributed by atoms with E-state index in [-0.39, 0.29) is 17.6 Å². The minimum absolute atomic E-state index is 0.0884. The highest BCUT2D eigenvalue weighted by molar-refractivity contribution is 7.99. The molecule has 2 aromatic rings. The van der Waals surface area contributed by atoms with Crippen molar-refractivity contribution >= 4 is 46.8 Å². The highest BCUT2D eigenvalue weighted by Gasteiger charge is 2.26. The number of benzene rings is 2. The van der Waals surface area contributed by atoms with Crippen LogP contribution in [0.1, 0.15) is 43.4 Å². The van der Waals surface area contributed by atoms with Crippen LogP contribution in [0.5, 0.6) is 0 Å². The first kappa shape index (κ1) is 25.6. The Bertz CT molecular complexity index is 871. The number of nitrogens with one attached hydrogen (secondary N) is 1. The first-order chi connectivity index (χ1) is 14.8. The third-order valence-electron chi connectivity index (χ3n) is 5.13. The molecule has 0 radical (unpaired) electrons. The molecule has 2 rings (SSSR count). The number of hydrogen-bond donors (Lipinski definition) is 1. The molecule has 1 N–H and O–H groups in total. The van der Waals surface area contributed by atoms with Crippen LogP contribution in [-0.2, 0) is 21.9 Å². The Labute approximate surface area is 199 Å². The maximum atomic E-state index is 13.2. The largest absolute Gasteiger partial charge is 0.354 e. The average molecular weight is 481 g/mol. The summed E-state index contributed by atoms with van der Waals surface area (Å²) in [6, 6.07) is 12.7. The van der Waals surface area contributed by atoms with Crippen LogP contribution in [0.3, 0.4) is 0 Å². The molecule has 7 heteroatoms. The monoisotopic (exact) mass is 480 g/mol. The Morgan fingerprint density at radius 1 is 1.10 bits per heavy atom. The maximum absolute atomic E-state index is 13.2. The van der Waals surface area contributed by atoms with Crippen molar-refractivity contribution in [1.29, 1.82) is 0 Å². The lowest BCUT2D eigenvalue weighted by molar-refractivity contribution is -0.138. The highest BCUT2D eigenvalue weighted by atomic mass is 35.5. The van der Waals surface area contributed by atoms with Gasteiger partial charge in [0.25, 0.3) is 0 Å². The minimum atomic E-state index is -0.562. The van der Waals surface area contributed by atoms with Gasteiger partial charge in [0.05, 0.1) is 5.75 Å². The molecule has 4 nitrogen and oxygen atoms in total. The molecule has 1 atom stereocenters. The summed E-state index contributed by atoms with van der Waals surface area (Å²) < 4.78 is 0. The van der Waals surface area contributed by atoms with E-state index in [1.54, 1.807) is 30.0 Å². The number of aryl methyl sites for hydroxylation is 1. The molecule has 31 heavy (non-hydrogen) atoms. The fourth-order valence-corrected chi connectivity index (χ4v) is 4.73. The molecule has 168 valence electrons. The first-order valence-corrected chi connectivity index (χ1v) is 12.4. The van der Waals surface area contributed by atoms with E-state index in [1.165, 1.54) is 11.8 Å². The van der Waals surface area contributed by atoms with Crippen molar-refractivity contribution in [2.24, 2.45) is 0 Å². The van der Waals surface area contributed by atoms with Crippen molar-refractivity contribution in [3.8, 4) is 0 Å². The van der Waals surface area contributed by atoms with Gasteiger partial charge < -0.3 is 10.2 Å². The molecule has 0 aliphatic rings. The molecular weight excluding hydrogens is 451 g/mol. The SMILES string of the molecule is CCCCNC(=O)[C@@H](C)N(Cc1ccccc1C)C(=O)CSCc1c(Cl)cccc1Cl.